The molecule has 1 saturated heterocycles. The summed E-state index contributed by atoms with van der Waals surface area (Å²) < 4.78 is 10.8. The van der Waals surface area contributed by atoms with Gasteiger partial charge in [-0.25, -0.2) is 0 Å². The molecule has 2 N–H and O–H groups in total. The van der Waals surface area contributed by atoms with Crippen LogP contribution >= 0.6 is 24.0 Å². The lowest BCUT2D eigenvalue weighted by molar-refractivity contribution is -0.00684. The second-order valence-electron chi connectivity index (χ2n) is 8.24. The molecule has 2 rings (SSSR count). The van der Waals surface area contributed by atoms with Crippen molar-refractivity contribution in [1.29, 1.82) is 0 Å². The summed E-state index contributed by atoms with van der Waals surface area (Å²) in [6, 6.07) is 8.50. The van der Waals surface area contributed by atoms with E-state index in [0.717, 1.165) is 57.6 Å². The van der Waals surface area contributed by atoms with Crippen molar-refractivity contribution in [2.45, 2.75) is 32.4 Å². The van der Waals surface area contributed by atoms with Gasteiger partial charge in [-0.3, -0.25) is 9.89 Å². The summed E-state index contributed by atoms with van der Waals surface area (Å²) in [5.74, 6) is 1.73. The third-order valence-corrected chi connectivity index (χ3v) is 5.42. The van der Waals surface area contributed by atoms with Gasteiger partial charge in [-0.2, -0.15) is 0 Å². The first-order valence-electron chi connectivity index (χ1n) is 10.5. The van der Waals surface area contributed by atoms with E-state index in [1.165, 1.54) is 5.56 Å². The average molecular weight is 533 g/mol. The minimum Gasteiger partial charge on any atom is -0.497 e. The Balaban J connectivity index is 0.00000450. The Morgan fingerprint density at radius 2 is 1.83 bits per heavy atom. The molecule has 1 unspecified atom stereocenters. The fourth-order valence-corrected chi connectivity index (χ4v) is 3.50. The molecule has 0 radical (unpaired) electrons. The van der Waals surface area contributed by atoms with Gasteiger partial charge >= 0.3 is 0 Å². The Kier molecular flexibility index (Phi) is 12.0. The quantitative estimate of drug-likeness (QED) is 0.289. The number of hydrogen-bond donors (Lipinski definition) is 2. The van der Waals surface area contributed by atoms with E-state index in [9.17, 15) is 0 Å². The van der Waals surface area contributed by atoms with Crippen molar-refractivity contribution in [3.63, 3.8) is 0 Å². The van der Waals surface area contributed by atoms with Crippen LogP contribution in [0.1, 0.15) is 32.4 Å². The number of halogens is 1. The number of nitrogens with one attached hydrogen (secondary N) is 2. The summed E-state index contributed by atoms with van der Waals surface area (Å²) >= 11 is 0. The summed E-state index contributed by atoms with van der Waals surface area (Å²) in [5, 5.41) is 6.91. The minimum absolute atomic E-state index is 0. The van der Waals surface area contributed by atoms with Gasteiger partial charge in [0.05, 0.1) is 32.9 Å². The van der Waals surface area contributed by atoms with Crippen LogP contribution in [0.5, 0.6) is 5.75 Å². The number of nitrogens with zero attached hydrogens (tertiary/aromatic N) is 3. The van der Waals surface area contributed by atoms with Gasteiger partial charge in [0.1, 0.15) is 5.75 Å². The van der Waals surface area contributed by atoms with Crippen molar-refractivity contribution in [1.82, 2.24) is 20.4 Å². The van der Waals surface area contributed by atoms with Crippen LogP contribution in [0.3, 0.4) is 0 Å². The van der Waals surface area contributed by atoms with Gasteiger partial charge in [0, 0.05) is 31.7 Å². The summed E-state index contributed by atoms with van der Waals surface area (Å²) in [6.45, 7) is 12.5. The number of morpholine rings is 1. The first-order valence-corrected chi connectivity index (χ1v) is 10.5. The molecule has 0 aromatic heterocycles. The van der Waals surface area contributed by atoms with Crippen LogP contribution in [0, 0.1) is 0 Å². The molecule has 172 valence electrons. The van der Waals surface area contributed by atoms with Crippen LogP contribution in [0.2, 0.25) is 0 Å². The molecule has 1 aromatic carbocycles. The molecule has 0 aliphatic carbocycles. The fraction of sp³-hybridized carbons (Fsp3) is 0.682. The fourth-order valence-electron chi connectivity index (χ4n) is 3.50. The van der Waals surface area contributed by atoms with Crippen molar-refractivity contribution in [2.24, 2.45) is 4.99 Å². The Hall–Kier alpha value is -1.10. The van der Waals surface area contributed by atoms with Crippen molar-refractivity contribution >= 4 is 29.9 Å². The zero-order chi connectivity index (χ0) is 21.3. The molecule has 0 amide bonds. The predicted molar refractivity (Wildman–Crippen MR) is 135 cm³/mol. The predicted octanol–water partition coefficient (Wildman–Crippen LogP) is 2.58. The van der Waals surface area contributed by atoms with E-state index in [-0.39, 0.29) is 35.6 Å². The van der Waals surface area contributed by atoms with Crippen LogP contribution in [0.25, 0.3) is 0 Å². The van der Waals surface area contributed by atoms with Crippen molar-refractivity contribution in [3.8, 4) is 5.75 Å². The van der Waals surface area contributed by atoms with Crippen LogP contribution in [-0.2, 0) is 4.74 Å². The Labute approximate surface area is 199 Å². The molecule has 30 heavy (non-hydrogen) atoms. The first-order chi connectivity index (χ1) is 13.9. The number of hydrogen-bond acceptors (Lipinski definition) is 5. The highest BCUT2D eigenvalue weighted by atomic mass is 127. The highest BCUT2D eigenvalue weighted by molar-refractivity contribution is 14.0. The summed E-state index contributed by atoms with van der Waals surface area (Å²) in [4.78, 5) is 9.57. The number of aliphatic imine (C=N–C) groups is 1. The molecule has 7 nitrogen and oxygen atoms in total. The molecular formula is C22H40IN5O2. The average Bonchev–Trinajstić information content (AvgIpc) is 2.73. The lowest BCUT2D eigenvalue weighted by Gasteiger charge is -2.40. The Bertz CT molecular complexity index is 631. The number of benzene rings is 1. The maximum absolute atomic E-state index is 5.49. The number of likely N-dealkylation sites (N-methyl/N-ethyl adjacent to an activating group) is 1. The van der Waals surface area contributed by atoms with E-state index >= 15 is 0 Å². The molecule has 1 aliphatic heterocycles. The van der Waals surface area contributed by atoms with Gasteiger partial charge in [0.2, 0.25) is 0 Å². The highest BCUT2D eigenvalue weighted by Gasteiger charge is 2.28. The second kappa shape index (κ2) is 13.3. The first kappa shape index (κ1) is 26.9. The normalized spacial score (nSPS) is 16.7. The third kappa shape index (κ3) is 8.20. The molecule has 1 atom stereocenters. The molecular weight excluding hydrogens is 493 g/mol. The third-order valence-electron chi connectivity index (χ3n) is 5.42. The van der Waals surface area contributed by atoms with Gasteiger partial charge in [0.15, 0.2) is 5.96 Å². The van der Waals surface area contributed by atoms with Gasteiger partial charge in [0.25, 0.3) is 0 Å². The molecule has 0 saturated carbocycles. The topological polar surface area (TPSA) is 61.4 Å². The number of methoxy groups -OCH3 is 1. The summed E-state index contributed by atoms with van der Waals surface area (Å²) in [5.41, 5.74) is 1.25. The van der Waals surface area contributed by atoms with Crippen LogP contribution in [0.4, 0.5) is 0 Å². The number of ether oxygens (including phenoxy) is 2. The molecule has 0 bridgehead atoms. The van der Waals surface area contributed by atoms with Gasteiger partial charge in [-0.1, -0.05) is 12.1 Å². The van der Waals surface area contributed by atoms with Gasteiger partial charge in [-0.15, -0.1) is 24.0 Å². The summed E-state index contributed by atoms with van der Waals surface area (Å²) in [6.07, 6.45) is 0. The van der Waals surface area contributed by atoms with E-state index in [1.807, 2.05) is 12.1 Å². The molecule has 1 aliphatic rings. The molecule has 1 heterocycles. The zero-order valence-electron chi connectivity index (χ0n) is 19.4. The van der Waals surface area contributed by atoms with E-state index in [2.05, 4.69) is 67.4 Å². The highest BCUT2D eigenvalue weighted by Crippen LogP contribution is 2.21. The maximum atomic E-state index is 5.49. The SMILES string of the molecule is CCNC(=NCC(C)(C)N1CCOCC1)NCC(c1ccc(OC)cc1)N(C)C.I. The summed E-state index contributed by atoms with van der Waals surface area (Å²) in [7, 11) is 5.89. The number of rotatable bonds is 9. The monoisotopic (exact) mass is 533 g/mol. The second-order valence-corrected chi connectivity index (χ2v) is 8.24. The largest absolute Gasteiger partial charge is 0.497 e. The standard InChI is InChI=1S/C22H39N5O2.HI/c1-7-23-21(25-17-22(2,3)27-12-14-29-15-13-27)24-16-20(26(4)5)18-8-10-19(28-6)11-9-18;/h8-11,20H,7,12-17H2,1-6H3,(H2,23,24,25);1H. The van der Waals surface area contributed by atoms with E-state index in [1.54, 1.807) is 7.11 Å². The minimum atomic E-state index is 0. The van der Waals surface area contributed by atoms with Crippen LogP contribution in [-0.4, -0.2) is 88.4 Å². The lowest BCUT2D eigenvalue weighted by atomic mass is 10.0. The zero-order valence-corrected chi connectivity index (χ0v) is 21.7. The van der Waals surface area contributed by atoms with E-state index < -0.39 is 0 Å². The number of guanidine groups is 1. The van der Waals surface area contributed by atoms with Crippen LogP contribution in [0.15, 0.2) is 29.3 Å². The van der Waals surface area contributed by atoms with Crippen molar-refractivity contribution in [2.75, 3.05) is 67.1 Å². The molecule has 8 heteroatoms. The van der Waals surface area contributed by atoms with Crippen molar-refractivity contribution < 1.29 is 9.47 Å². The Morgan fingerprint density at radius 1 is 1.20 bits per heavy atom. The van der Waals surface area contributed by atoms with Crippen LogP contribution < -0.4 is 15.4 Å². The maximum Gasteiger partial charge on any atom is 0.191 e. The lowest BCUT2D eigenvalue weighted by Crippen LogP contribution is -2.52. The molecule has 1 fully saturated rings. The molecule has 1 aromatic rings. The van der Waals surface area contributed by atoms with Crippen molar-refractivity contribution in [3.05, 3.63) is 29.8 Å². The smallest absolute Gasteiger partial charge is 0.191 e. The van der Waals surface area contributed by atoms with Gasteiger partial charge < -0.3 is 25.0 Å². The van der Waals surface area contributed by atoms with Gasteiger partial charge in [-0.05, 0) is 52.6 Å². The Morgan fingerprint density at radius 3 is 2.37 bits per heavy atom. The van der Waals surface area contributed by atoms with E-state index in [0.29, 0.717) is 0 Å². The molecule has 0 spiro atoms. The van der Waals surface area contributed by atoms with E-state index in [4.69, 9.17) is 14.5 Å².